The summed E-state index contributed by atoms with van der Waals surface area (Å²) < 4.78 is 10.9. The molecule has 1 aliphatic heterocycles. The maximum Gasteiger partial charge on any atom is 0.313 e. The number of hydrogen-bond donors (Lipinski definition) is 1. The van der Waals surface area contributed by atoms with E-state index in [1.807, 2.05) is 0 Å². The Bertz CT molecular complexity index is 844. The minimum atomic E-state index is -0.987. The molecule has 2 heterocycles. The third-order valence-corrected chi connectivity index (χ3v) is 4.48. The lowest BCUT2D eigenvalue weighted by Crippen LogP contribution is -2.36. The average molecular weight is 395 g/mol. The molecule has 3 rings (SSSR count). The Kier molecular flexibility index (Phi) is 5.64. The normalized spacial score (nSPS) is 16.8. The SMILES string of the molecule is C[C@@H](OC(=O)[C@@H]1COc2ccc(Cl)cc2C1)C(=O)Nc1cccnc1Cl. The van der Waals surface area contributed by atoms with Crippen LogP contribution in [0.4, 0.5) is 5.69 Å². The second kappa shape index (κ2) is 7.93. The molecule has 1 aromatic heterocycles. The number of fused-ring (bicyclic) bond motifs is 1. The summed E-state index contributed by atoms with van der Waals surface area (Å²) in [7, 11) is 0. The molecule has 2 atom stereocenters. The topological polar surface area (TPSA) is 77.5 Å². The predicted molar refractivity (Wildman–Crippen MR) is 97.6 cm³/mol. The first kappa shape index (κ1) is 18.5. The van der Waals surface area contributed by atoms with Gasteiger partial charge in [0, 0.05) is 11.2 Å². The molecule has 0 saturated carbocycles. The van der Waals surface area contributed by atoms with Crippen molar-refractivity contribution in [3.05, 3.63) is 52.3 Å². The van der Waals surface area contributed by atoms with Crippen LogP contribution >= 0.6 is 23.2 Å². The first-order valence-electron chi connectivity index (χ1n) is 7.97. The molecule has 8 heteroatoms. The van der Waals surface area contributed by atoms with Crippen molar-refractivity contribution in [3.8, 4) is 5.75 Å². The highest BCUT2D eigenvalue weighted by Gasteiger charge is 2.30. The molecule has 0 aliphatic carbocycles. The van der Waals surface area contributed by atoms with E-state index in [-0.39, 0.29) is 11.8 Å². The molecule has 26 heavy (non-hydrogen) atoms. The molecule has 0 fully saturated rings. The molecule has 0 saturated heterocycles. The number of rotatable bonds is 4. The van der Waals surface area contributed by atoms with Gasteiger partial charge in [-0.2, -0.15) is 0 Å². The smallest absolute Gasteiger partial charge is 0.313 e. The molecule has 1 amide bonds. The Morgan fingerprint density at radius 1 is 1.35 bits per heavy atom. The van der Waals surface area contributed by atoms with Gasteiger partial charge < -0.3 is 14.8 Å². The zero-order chi connectivity index (χ0) is 18.7. The Labute approximate surface area is 160 Å². The summed E-state index contributed by atoms with van der Waals surface area (Å²) in [4.78, 5) is 28.4. The monoisotopic (exact) mass is 394 g/mol. The lowest BCUT2D eigenvalue weighted by molar-refractivity contribution is -0.158. The number of carbonyl (C=O) groups excluding carboxylic acids is 2. The molecular weight excluding hydrogens is 379 g/mol. The van der Waals surface area contributed by atoms with Crippen LogP contribution < -0.4 is 10.1 Å². The van der Waals surface area contributed by atoms with Crippen LogP contribution in [0.5, 0.6) is 5.75 Å². The van der Waals surface area contributed by atoms with Crippen molar-refractivity contribution in [2.24, 2.45) is 5.92 Å². The molecule has 0 bridgehead atoms. The first-order valence-corrected chi connectivity index (χ1v) is 8.72. The Hall–Kier alpha value is -2.31. The number of esters is 1. The van der Waals surface area contributed by atoms with E-state index >= 15 is 0 Å². The molecule has 1 N–H and O–H groups in total. The third kappa shape index (κ3) is 4.26. The summed E-state index contributed by atoms with van der Waals surface area (Å²) in [6, 6.07) is 8.51. The van der Waals surface area contributed by atoms with Crippen molar-refractivity contribution >= 4 is 40.8 Å². The second-order valence-corrected chi connectivity index (χ2v) is 6.67. The number of anilines is 1. The van der Waals surface area contributed by atoms with Gasteiger partial charge in [-0.05, 0) is 49.2 Å². The molecule has 1 aromatic carbocycles. The van der Waals surface area contributed by atoms with Gasteiger partial charge in [0.15, 0.2) is 11.3 Å². The van der Waals surface area contributed by atoms with E-state index in [2.05, 4.69) is 10.3 Å². The molecule has 136 valence electrons. The van der Waals surface area contributed by atoms with Gasteiger partial charge in [-0.3, -0.25) is 9.59 Å². The van der Waals surface area contributed by atoms with E-state index in [4.69, 9.17) is 32.7 Å². The van der Waals surface area contributed by atoms with E-state index in [1.54, 1.807) is 30.3 Å². The van der Waals surface area contributed by atoms with Gasteiger partial charge in [-0.15, -0.1) is 0 Å². The Balaban J connectivity index is 1.59. The number of ether oxygens (including phenoxy) is 2. The van der Waals surface area contributed by atoms with E-state index in [9.17, 15) is 9.59 Å². The molecule has 1 aliphatic rings. The van der Waals surface area contributed by atoms with Gasteiger partial charge in [-0.25, -0.2) is 4.98 Å². The molecule has 0 radical (unpaired) electrons. The highest BCUT2D eigenvalue weighted by Crippen LogP contribution is 2.30. The number of halogens is 2. The number of amides is 1. The van der Waals surface area contributed by atoms with E-state index in [0.717, 1.165) is 5.56 Å². The van der Waals surface area contributed by atoms with E-state index in [0.29, 0.717) is 22.9 Å². The standard InChI is InChI=1S/C18H16Cl2N2O4/c1-10(17(23)22-14-3-2-6-21-16(14)20)26-18(24)12-7-11-8-13(19)4-5-15(11)25-9-12/h2-6,8,10,12H,7,9H2,1H3,(H,22,23)/t10-,12+/m1/s1. The van der Waals surface area contributed by atoms with Gasteiger partial charge in [-0.1, -0.05) is 23.2 Å². The zero-order valence-electron chi connectivity index (χ0n) is 13.9. The number of pyridine rings is 1. The summed E-state index contributed by atoms with van der Waals surface area (Å²) in [5.74, 6) is -0.794. The minimum Gasteiger partial charge on any atom is -0.492 e. The van der Waals surface area contributed by atoms with Gasteiger partial charge in [0.25, 0.3) is 5.91 Å². The van der Waals surface area contributed by atoms with E-state index in [1.165, 1.54) is 13.1 Å². The fourth-order valence-corrected chi connectivity index (χ4v) is 2.91. The van der Waals surface area contributed by atoms with Crippen LogP contribution in [0.15, 0.2) is 36.5 Å². The van der Waals surface area contributed by atoms with E-state index < -0.39 is 23.9 Å². The minimum absolute atomic E-state index is 0.161. The zero-order valence-corrected chi connectivity index (χ0v) is 15.4. The van der Waals surface area contributed by atoms with Gasteiger partial charge in [0.2, 0.25) is 0 Å². The molecule has 0 spiro atoms. The second-order valence-electron chi connectivity index (χ2n) is 5.87. The summed E-state index contributed by atoms with van der Waals surface area (Å²) in [5.41, 5.74) is 1.19. The lowest BCUT2D eigenvalue weighted by atomic mass is 9.97. The lowest BCUT2D eigenvalue weighted by Gasteiger charge is -2.25. The number of benzene rings is 1. The van der Waals surface area contributed by atoms with Crippen molar-refractivity contribution in [1.29, 1.82) is 0 Å². The number of aromatic nitrogens is 1. The van der Waals surface area contributed by atoms with Gasteiger partial charge in [0.05, 0.1) is 11.6 Å². The van der Waals surface area contributed by atoms with Gasteiger partial charge >= 0.3 is 5.97 Å². The molecule has 0 unspecified atom stereocenters. The molecule has 2 aromatic rings. The Morgan fingerprint density at radius 2 is 2.15 bits per heavy atom. The van der Waals surface area contributed by atoms with Crippen LogP contribution in [0.3, 0.4) is 0 Å². The molecular formula is C18H16Cl2N2O4. The number of carbonyl (C=O) groups is 2. The summed E-state index contributed by atoms with van der Waals surface area (Å²) in [5, 5.41) is 3.31. The summed E-state index contributed by atoms with van der Waals surface area (Å²) >= 11 is 11.9. The summed E-state index contributed by atoms with van der Waals surface area (Å²) in [6.07, 6.45) is 0.964. The van der Waals surface area contributed by atoms with Crippen LogP contribution in [0.2, 0.25) is 10.2 Å². The fraction of sp³-hybridized carbons (Fsp3) is 0.278. The van der Waals surface area contributed by atoms with Crippen molar-refractivity contribution in [3.63, 3.8) is 0 Å². The van der Waals surface area contributed by atoms with Crippen LogP contribution in [0.25, 0.3) is 0 Å². The molecule has 6 nitrogen and oxygen atoms in total. The first-order chi connectivity index (χ1) is 12.4. The quantitative estimate of drug-likeness (QED) is 0.633. The van der Waals surface area contributed by atoms with Crippen LogP contribution in [-0.4, -0.2) is 29.6 Å². The highest BCUT2D eigenvalue weighted by molar-refractivity contribution is 6.32. The van der Waals surface area contributed by atoms with Crippen molar-refractivity contribution < 1.29 is 19.1 Å². The maximum atomic E-state index is 12.4. The van der Waals surface area contributed by atoms with Crippen LogP contribution in [0.1, 0.15) is 12.5 Å². The van der Waals surface area contributed by atoms with Crippen LogP contribution in [0, 0.1) is 5.92 Å². The predicted octanol–water partition coefficient (Wildman–Crippen LogP) is 3.51. The number of nitrogens with one attached hydrogen (secondary N) is 1. The average Bonchev–Trinajstić information content (AvgIpc) is 2.62. The maximum absolute atomic E-state index is 12.4. The number of hydrogen-bond acceptors (Lipinski definition) is 5. The highest BCUT2D eigenvalue weighted by atomic mass is 35.5. The number of nitrogens with zero attached hydrogens (tertiary/aromatic N) is 1. The van der Waals surface area contributed by atoms with Crippen molar-refractivity contribution in [1.82, 2.24) is 4.98 Å². The fourth-order valence-electron chi connectivity index (χ4n) is 2.55. The Morgan fingerprint density at radius 3 is 2.92 bits per heavy atom. The van der Waals surface area contributed by atoms with Crippen molar-refractivity contribution in [2.45, 2.75) is 19.4 Å². The largest absolute Gasteiger partial charge is 0.492 e. The third-order valence-electron chi connectivity index (χ3n) is 3.94. The van der Waals surface area contributed by atoms with Crippen molar-refractivity contribution in [2.75, 3.05) is 11.9 Å². The van der Waals surface area contributed by atoms with Crippen LogP contribution in [-0.2, 0) is 20.7 Å². The van der Waals surface area contributed by atoms with Gasteiger partial charge in [0.1, 0.15) is 12.4 Å². The summed E-state index contributed by atoms with van der Waals surface area (Å²) in [6.45, 7) is 1.68.